The number of rotatable bonds is 5. The highest BCUT2D eigenvalue weighted by Crippen LogP contribution is 2.25. The minimum absolute atomic E-state index is 0.381. The lowest BCUT2D eigenvalue weighted by Gasteiger charge is -2.42. The molecule has 10 atom stereocenters. The van der Waals surface area contributed by atoms with Crippen molar-refractivity contribution in [1.82, 2.24) is 0 Å². The van der Waals surface area contributed by atoms with Crippen molar-refractivity contribution in [2.24, 2.45) is 0 Å². The quantitative estimate of drug-likeness (QED) is 0.251. The van der Waals surface area contributed by atoms with E-state index in [0.717, 1.165) is 0 Å². The Morgan fingerprint density at radius 1 is 0.792 bits per heavy atom. The monoisotopic (exact) mass is 357 g/mol. The first-order valence-corrected chi connectivity index (χ1v) is 7.46. The van der Waals surface area contributed by atoms with Crippen LogP contribution in [-0.4, -0.2) is 117 Å². The van der Waals surface area contributed by atoms with Gasteiger partial charge in [0.15, 0.2) is 12.6 Å². The van der Waals surface area contributed by atoms with E-state index >= 15 is 0 Å². The Kier molecular flexibility index (Phi) is 6.87. The molecule has 7 N–H and O–H groups in total. The van der Waals surface area contributed by atoms with Crippen LogP contribution in [0.1, 0.15) is 0 Å². The van der Waals surface area contributed by atoms with Gasteiger partial charge in [-0.15, -0.1) is 0 Å². The summed E-state index contributed by atoms with van der Waals surface area (Å²) in [5.74, 6) is 0. The van der Waals surface area contributed by atoms with Gasteiger partial charge in [0.1, 0.15) is 48.8 Å². The molecule has 2 saturated heterocycles. The molecule has 0 saturated carbocycles. The summed E-state index contributed by atoms with van der Waals surface area (Å²) in [6, 6.07) is 0. The molecule has 0 aromatic rings. The van der Waals surface area contributed by atoms with E-state index in [0.29, 0.717) is 0 Å². The lowest BCUT2D eigenvalue weighted by atomic mass is 9.99. The van der Waals surface area contributed by atoms with Crippen molar-refractivity contribution in [3.8, 4) is 0 Å². The SMILES string of the molecule is CO[C@H]1O[C@H](C[17O][C@H]2O[C@H](CO)[C@@H](O)[C@H](O)[C@H]2O)[C@@H](O)[C@H](O)[C@H]1O. The lowest BCUT2D eigenvalue weighted by molar-refractivity contribution is -0.328. The molecule has 11 nitrogen and oxygen atoms in total. The number of hydrogen-bond donors (Lipinski definition) is 7. The van der Waals surface area contributed by atoms with Gasteiger partial charge >= 0.3 is 0 Å². The number of hydrogen-bond acceptors (Lipinski definition) is 11. The van der Waals surface area contributed by atoms with Crippen molar-refractivity contribution in [1.29, 1.82) is 0 Å². The van der Waals surface area contributed by atoms with Gasteiger partial charge in [0.25, 0.3) is 0 Å². The highest BCUT2D eigenvalue weighted by molar-refractivity contribution is 4.91. The number of methoxy groups -OCH3 is 1. The first kappa shape index (κ1) is 19.9. The van der Waals surface area contributed by atoms with Crippen molar-refractivity contribution in [2.75, 3.05) is 20.3 Å². The molecule has 0 amide bonds. The summed E-state index contributed by atoms with van der Waals surface area (Å²) in [6.07, 6.45) is -14.0. The van der Waals surface area contributed by atoms with Crippen molar-refractivity contribution in [3.05, 3.63) is 0 Å². The Bertz CT molecular complexity index is 356. The van der Waals surface area contributed by atoms with Gasteiger partial charge in [0, 0.05) is 7.11 Å². The van der Waals surface area contributed by atoms with Crippen LogP contribution in [0.3, 0.4) is 0 Å². The molecule has 142 valence electrons. The number of aliphatic hydroxyl groups excluding tert-OH is 7. The molecule has 2 aliphatic rings. The molecule has 0 bridgehead atoms. The third kappa shape index (κ3) is 3.86. The molecule has 0 aliphatic carbocycles. The van der Waals surface area contributed by atoms with E-state index in [4.69, 9.17) is 24.1 Å². The summed E-state index contributed by atoms with van der Waals surface area (Å²) in [4.78, 5) is 0. The van der Waals surface area contributed by atoms with Crippen LogP contribution in [0.2, 0.25) is 0 Å². The minimum Gasteiger partial charge on any atom is -0.394 e. The van der Waals surface area contributed by atoms with E-state index in [1.165, 1.54) is 7.11 Å². The fourth-order valence-electron chi connectivity index (χ4n) is 2.64. The second-order valence-electron chi connectivity index (χ2n) is 5.78. The van der Waals surface area contributed by atoms with Crippen molar-refractivity contribution in [3.63, 3.8) is 0 Å². The Labute approximate surface area is 137 Å². The zero-order valence-electron chi connectivity index (χ0n) is 13.0. The largest absolute Gasteiger partial charge is 0.394 e. The van der Waals surface area contributed by atoms with Crippen molar-refractivity contribution >= 4 is 0 Å². The molecule has 0 radical (unpaired) electrons. The van der Waals surface area contributed by atoms with E-state index in [-0.39, 0.29) is 6.61 Å². The Hall–Kier alpha value is -0.440. The van der Waals surface area contributed by atoms with Crippen LogP contribution in [0.15, 0.2) is 0 Å². The Balaban J connectivity index is 1.96. The first-order chi connectivity index (χ1) is 11.3. The van der Waals surface area contributed by atoms with Crippen LogP contribution in [0.25, 0.3) is 0 Å². The predicted octanol–water partition coefficient (Wildman–Crippen LogP) is -4.74. The molecule has 0 aromatic heterocycles. The van der Waals surface area contributed by atoms with Crippen molar-refractivity contribution < 1.29 is 54.7 Å². The van der Waals surface area contributed by atoms with Gasteiger partial charge in [-0.05, 0) is 0 Å². The molecule has 2 rings (SSSR count). The molecular weight excluding hydrogens is 333 g/mol. The molecule has 2 fully saturated rings. The van der Waals surface area contributed by atoms with Gasteiger partial charge in [-0.25, -0.2) is 0 Å². The summed E-state index contributed by atoms with van der Waals surface area (Å²) < 4.78 is 20.5. The third-order valence-corrected chi connectivity index (χ3v) is 4.17. The predicted molar refractivity (Wildman–Crippen MR) is 73.4 cm³/mol. The summed E-state index contributed by atoms with van der Waals surface area (Å²) in [5.41, 5.74) is 0. The van der Waals surface area contributed by atoms with Crippen LogP contribution >= 0.6 is 0 Å². The summed E-state index contributed by atoms with van der Waals surface area (Å²) in [7, 11) is 1.24. The van der Waals surface area contributed by atoms with E-state index in [1.54, 1.807) is 0 Å². The molecular formula is C13H24O11. The molecule has 0 spiro atoms. The summed E-state index contributed by atoms with van der Waals surface area (Å²) in [5, 5.41) is 67.6. The van der Waals surface area contributed by atoms with Crippen LogP contribution in [0, 0.1) is 0 Å². The average molecular weight is 357 g/mol. The maximum absolute atomic E-state index is 9.91. The zero-order chi connectivity index (χ0) is 18.0. The highest BCUT2D eigenvalue weighted by atomic mass is 17.4. The molecule has 11 heteroatoms. The van der Waals surface area contributed by atoms with E-state index in [2.05, 4.69) is 0 Å². The summed E-state index contributed by atoms with van der Waals surface area (Å²) in [6.45, 7) is -0.989. The van der Waals surface area contributed by atoms with Gasteiger partial charge in [-0.3, -0.25) is 0 Å². The standard InChI is InChI=1S/C13H24O11/c1-21-12-10(19)9(18)7(16)5(24-12)3-22-13-11(20)8(17)6(15)4(2-14)23-13/h4-20H,2-3H2,1H3/t4-,5-,6-,7-,8+,9+,10-,11-,12+,13+/m1/s1/i22+1. The minimum atomic E-state index is -1.60. The van der Waals surface area contributed by atoms with E-state index in [1.807, 2.05) is 0 Å². The summed E-state index contributed by atoms with van der Waals surface area (Å²) >= 11 is 0. The molecule has 24 heavy (non-hydrogen) atoms. The van der Waals surface area contributed by atoms with Crippen LogP contribution < -0.4 is 0 Å². The van der Waals surface area contributed by atoms with Gasteiger partial charge in [0.05, 0.1) is 13.2 Å². The normalized spacial score (nSPS) is 50.0. The first-order valence-electron chi connectivity index (χ1n) is 7.46. The van der Waals surface area contributed by atoms with Gasteiger partial charge in [-0.2, -0.15) is 0 Å². The van der Waals surface area contributed by atoms with Crippen LogP contribution in [0.5, 0.6) is 0 Å². The Morgan fingerprint density at radius 2 is 1.38 bits per heavy atom. The maximum Gasteiger partial charge on any atom is 0.186 e. The maximum atomic E-state index is 9.91. The zero-order valence-corrected chi connectivity index (χ0v) is 13.0. The second-order valence-corrected chi connectivity index (χ2v) is 5.78. The molecule has 2 aliphatic heterocycles. The second kappa shape index (κ2) is 8.29. The fourth-order valence-corrected chi connectivity index (χ4v) is 2.64. The smallest absolute Gasteiger partial charge is 0.186 e. The molecule has 0 unspecified atom stereocenters. The fraction of sp³-hybridized carbons (Fsp3) is 1.00. The average Bonchev–Trinajstić information content (AvgIpc) is 2.58. The van der Waals surface area contributed by atoms with Crippen LogP contribution in [-0.2, 0) is 18.9 Å². The Morgan fingerprint density at radius 3 is 1.96 bits per heavy atom. The van der Waals surface area contributed by atoms with E-state index < -0.39 is 68.0 Å². The van der Waals surface area contributed by atoms with E-state index in [9.17, 15) is 30.6 Å². The van der Waals surface area contributed by atoms with Crippen LogP contribution in [0.4, 0.5) is 0 Å². The molecule has 2 heterocycles. The van der Waals surface area contributed by atoms with Gasteiger partial charge in [-0.1, -0.05) is 0 Å². The number of ether oxygens (including phenoxy) is 4. The number of aliphatic hydroxyl groups is 7. The molecule has 0 aromatic carbocycles. The van der Waals surface area contributed by atoms with Gasteiger partial charge < -0.3 is 54.7 Å². The third-order valence-electron chi connectivity index (χ3n) is 4.17. The van der Waals surface area contributed by atoms with Gasteiger partial charge in [0.2, 0.25) is 0 Å². The topological polar surface area (TPSA) is 179 Å². The highest BCUT2D eigenvalue weighted by Gasteiger charge is 2.47. The lowest BCUT2D eigenvalue weighted by Crippen LogP contribution is -2.61. The van der Waals surface area contributed by atoms with Crippen molar-refractivity contribution in [2.45, 2.75) is 61.4 Å².